The molecule has 0 aliphatic heterocycles. The molecule has 1 fully saturated rings. The number of hydrogen-bond donors (Lipinski definition) is 1. The Morgan fingerprint density at radius 1 is 1.10 bits per heavy atom. The zero-order chi connectivity index (χ0) is 14.7. The van der Waals surface area contributed by atoms with E-state index >= 15 is 0 Å². The largest absolute Gasteiger partial charge is 0.477 e. The number of hydrogen-bond acceptors (Lipinski definition) is 3. The van der Waals surface area contributed by atoms with Crippen molar-refractivity contribution in [3.05, 3.63) is 66.1 Å². The fourth-order valence-corrected chi connectivity index (χ4v) is 2.11. The summed E-state index contributed by atoms with van der Waals surface area (Å²) < 4.78 is 4.93. The maximum Gasteiger partial charge on any atom is 0.354 e. The van der Waals surface area contributed by atoms with Crippen molar-refractivity contribution >= 4 is 17.1 Å². The standard InChI is InChI=1S/C9H10.C8H5NO3/c1-2-4-8(5-3-1)9-6-7-9;10-8(11)6-2-1-5-3-4-12-7(5)9-6/h1-5,9H,6-7H2;1-4H,(H,10,11). The topological polar surface area (TPSA) is 63.3 Å². The predicted octanol–water partition coefficient (Wildman–Crippen LogP) is 4.09. The highest BCUT2D eigenvalue weighted by atomic mass is 16.4. The Hall–Kier alpha value is -2.62. The summed E-state index contributed by atoms with van der Waals surface area (Å²) in [5.41, 5.74) is 1.88. The number of aromatic nitrogens is 1. The van der Waals surface area contributed by atoms with Crippen molar-refractivity contribution in [3.63, 3.8) is 0 Å². The highest BCUT2D eigenvalue weighted by molar-refractivity contribution is 5.88. The third kappa shape index (κ3) is 3.28. The Kier molecular flexibility index (Phi) is 3.69. The molecule has 0 atom stereocenters. The summed E-state index contributed by atoms with van der Waals surface area (Å²) in [4.78, 5) is 14.2. The van der Waals surface area contributed by atoms with Crippen molar-refractivity contribution in [3.8, 4) is 0 Å². The summed E-state index contributed by atoms with van der Waals surface area (Å²) in [5.74, 6) is -0.139. The zero-order valence-electron chi connectivity index (χ0n) is 11.4. The van der Waals surface area contributed by atoms with Gasteiger partial charge in [-0.2, -0.15) is 0 Å². The Labute approximate surface area is 122 Å². The molecule has 0 saturated heterocycles. The minimum absolute atomic E-state index is 0.00236. The molecule has 106 valence electrons. The molecule has 2 heterocycles. The van der Waals surface area contributed by atoms with Gasteiger partial charge in [0, 0.05) is 5.39 Å². The molecule has 3 aromatic rings. The normalized spacial score (nSPS) is 13.5. The van der Waals surface area contributed by atoms with Gasteiger partial charge < -0.3 is 9.52 Å². The molecule has 2 aromatic heterocycles. The average Bonchev–Trinajstić information content (AvgIpc) is 3.26. The number of aromatic carboxylic acids is 1. The van der Waals surface area contributed by atoms with Crippen molar-refractivity contribution in [1.82, 2.24) is 4.98 Å². The predicted molar refractivity (Wildman–Crippen MR) is 79.4 cm³/mol. The summed E-state index contributed by atoms with van der Waals surface area (Å²) in [7, 11) is 0. The number of rotatable bonds is 2. The first kappa shape index (κ1) is 13.4. The van der Waals surface area contributed by atoms with Crippen molar-refractivity contribution in [2.45, 2.75) is 18.8 Å². The Morgan fingerprint density at radius 3 is 2.52 bits per heavy atom. The van der Waals surface area contributed by atoms with Crippen molar-refractivity contribution in [2.75, 3.05) is 0 Å². The molecule has 0 amide bonds. The molecule has 1 aliphatic carbocycles. The van der Waals surface area contributed by atoms with Crippen LogP contribution in [0.3, 0.4) is 0 Å². The van der Waals surface area contributed by atoms with Crippen molar-refractivity contribution in [1.29, 1.82) is 0 Å². The van der Waals surface area contributed by atoms with E-state index in [1.807, 2.05) is 0 Å². The zero-order valence-corrected chi connectivity index (χ0v) is 11.4. The first-order chi connectivity index (χ1) is 10.2. The molecular formula is C17H15NO3. The third-order valence-corrected chi connectivity index (χ3v) is 3.38. The van der Waals surface area contributed by atoms with Crippen LogP contribution in [0.2, 0.25) is 0 Å². The van der Waals surface area contributed by atoms with Crippen LogP contribution < -0.4 is 0 Å². The van der Waals surface area contributed by atoms with E-state index in [-0.39, 0.29) is 5.69 Å². The van der Waals surface area contributed by atoms with E-state index in [1.165, 1.54) is 30.7 Å². The average molecular weight is 281 g/mol. The van der Waals surface area contributed by atoms with Gasteiger partial charge in [0.1, 0.15) is 0 Å². The molecule has 1 aliphatic rings. The number of pyridine rings is 1. The number of carboxylic acids is 1. The highest BCUT2D eigenvalue weighted by Gasteiger charge is 2.22. The van der Waals surface area contributed by atoms with Crippen LogP contribution >= 0.6 is 0 Å². The van der Waals surface area contributed by atoms with E-state index in [9.17, 15) is 4.79 Å². The maximum absolute atomic E-state index is 10.5. The second-order valence-corrected chi connectivity index (χ2v) is 5.00. The number of fused-ring (bicyclic) bond motifs is 1. The molecule has 21 heavy (non-hydrogen) atoms. The van der Waals surface area contributed by atoms with Crippen LogP contribution in [0.1, 0.15) is 34.8 Å². The van der Waals surface area contributed by atoms with Gasteiger partial charge in [0.05, 0.1) is 6.26 Å². The molecule has 4 rings (SSSR count). The van der Waals surface area contributed by atoms with Crippen LogP contribution in [-0.2, 0) is 0 Å². The second kappa shape index (κ2) is 5.79. The van der Waals surface area contributed by atoms with Gasteiger partial charge >= 0.3 is 5.97 Å². The van der Waals surface area contributed by atoms with Crippen LogP contribution in [0, 0.1) is 0 Å². The summed E-state index contributed by atoms with van der Waals surface area (Å²) in [5, 5.41) is 9.38. The van der Waals surface area contributed by atoms with Gasteiger partial charge in [-0.1, -0.05) is 30.3 Å². The van der Waals surface area contributed by atoms with E-state index < -0.39 is 5.97 Å². The van der Waals surface area contributed by atoms with E-state index in [4.69, 9.17) is 9.52 Å². The lowest BCUT2D eigenvalue weighted by atomic mass is 10.1. The highest BCUT2D eigenvalue weighted by Crippen LogP contribution is 2.39. The quantitative estimate of drug-likeness (QED) is 0.768. The lowest BCUT2D eigenvalue weighted by Crippen LogP contribution is -1.98. The summed E-state index contributed by atoms with van der Waals surface area (Å²) >= 11 is 0. The number of nitrogens with zero attached hydrogens (tertiary/aromatic N) is 1. The number of carboxylic acid groups (broad SMARTS) is 1. The Bertz CT molecular complexity index is 745. The summed E-state index contributed by atoms with van der Waals surface area (Å²) in [6, 6.07) is 15.6. The minimum Gasteiger partial charge on any atom is -0.477 e. The SMILES string of the molecule is O=C(O)c1ccc2ccoc2n1.c1ccc(C2CC2)cc1. The van der Waals surface area contributed by atoms with Gasteiger partial charge in [0.2, 0.25) is 5.71 Å². The monoisotopic (exact) mass is 281 g/mol. The van der Waals surface area contributed by atoms with Crippen LogP contribution in [0.15, 0.2) is 59.2 Å². The molecule has 0 unspecified atom stereocenters. The molecule has 1 aromatic carbocycles. The minimum atomic E-state index is -1.05. The van der Waals surface area contributed by atoms with E-state index in [0.717, 1.165) is 11.3 Å². The van der Waals surface area contributed by atoms with Gasteiger partial charge in [0.25, 0.3) is 0 Å². The fourth-order valence-electron chi connectivity index (χ4n) is 2.11. The first-order valence-electron chi connectivity index (χ1n) is 6.86. The van der Waals surface area contributed by atoms with Gasteiger partial charge in [-0.25, -0.2) is 9.78 Å². The molecular weight excluding hydrogens is 266 g/mol. The van der Waals surface area contributed by atoms with Crippen LogP contribution in [0.5, 0.6) is 0 Å². The van der Waals surface area contributed by atoms with E-state index in [0.29, 0.717) is 5.71 Å². The van der Waals surface area contributed by atoms with Crippen LogP contribution in [0.4, 0.5) is 0 Å². The van der Waals surface area contributed by atoms with Crippen molar-refractivity contribution in [2.24, 2.45) is 0 Å². The lowest BCUT2D eigenvalue weighted by molar-refractivity contribution is 0.0690. The molecule has 0 radical (unpaired) electrons. The Balaban J connectivity index is 0.000000131. The van der Waals surface area contributed by atoms with E-state index in [1.54, 1.807) is 12.1 Å². The van der Waals surface area contributed by atoms with Crippen LogP contribution in [-0.4, -0.2) is 16.1 Å². The van der Waals surface area contributed by atoms with Gasteiger partial charge in [0.15, 0.2) is 5.69 Å². The molecule has 4 nitrogen and oxygen atoms in total. The number of furan rings is 1. The van der Waals surface area contributed by atoms with Gasteiger partial charge in [-0.3, -0.25) is 0 Å². The molecule has 1 saturated carbocycles. The molecule has 4 heteroatoms. The number of benzene rings is 1. The van der Waals surface area contributed by atoms with Crippen LogP contribution in [0.25, 0.3) is 11.1 Å². The lowest BCUT2D eigenvalue weighted by Gasteiger charge is -1.92. The first-order valence-corrected chi connectivity index (χ1v) is 6.86. The summed E-state index contributed by atoms with van der Waals surface area (Å²) in [6.07, 6.45) is 4.29. The summed E-state index contributed by atoms with van der Waals surface area (Å²) in [6.45, 7) is 0. The number of carbonyl (C=O) groups is 1. The molecule has 0 bridgehead atoms. The van der Waals surface area contributed by atoms with E-state index in [2.05, 4.69) is 35.3 Å². The molecule has 1 N–H and O–H groups in total. The van der Waals surface area contributed by atoms with Gasteiger partial charge in [-0.05, 0) is 42.5 Å². The fraction of sp³-hybridized carbons (Fsp3) is 0.176. The third-order valence-electron chi connectivity index (χ3n) is 3.38. The Morgan fingerprint density at radius 2 is 1.86 bits per heavy atom. The van der Waals surface area contributed by atoms with Crippen molar-refractivity contribution < 1.29 is 14.3 Å². The second-order valence-electron chi connectivity index (χ2n) is 5.00. The molecule has 0 spiro atoms. The van der Waals surface area contributed by atoms with Gasteiger partial charge in [-0.15, -0.1) is 0 Å². The maximum atomic E-state index is 10.5. The smallest absolute Gasteiger partial charge is 0.354 e.